The lowest BCUT2D eigenvalue weighted by Crippen LogP contribution is -2.56. The first kappa shape index (κ1) is 18.6. The van der Waals surface area contributed by atoms with Gasteiger partial charge in [0.05, 0.1) is 0 Å². The van der Waals surface area contributed by atoms with E-state index in [2.05, 4.69) is 5.32 Å². The fraction of sp³-hybridized carbons (Fsp3) is 0.895. The van der Waals surface area contributed by atoms with Crippen LogP contribution in [-0.4, -0.2) is 73.6 Å². The molecule has 0 atom stereocenters. The van der Waals surface area contributed by atoms with Crippen LogP contribution in [-0.2, 0) is 14.3 Å². The van der Waals surface area contributed by atoms with Crippen molar-refractivity contribution in [2.45, 2.75) is 57.0 Å². The number of methoxy groups -OCH3 is 1. The highest BCUT2D eigenvalue weighted by atomic mass is 16.5. The summed E-state index contributed by atoms with van der Waals surface area (Å²) >= 11 is 0. The van der Waals surface area contributed by atoms with Crippen molar-refractivity contribution in [1.82, 2.24) is 15.1 Å². The second-order valence-electron chi connectivity index (χ2n) is 7.83. The summed E-state index contributed by atoms with van der Waals surface area (Å²) in [6.45, 7) is 4.43. The smallest absolute Gasteiger partial charge is 0.254 e. The van der Waals surface area contributed by atoms with Gasteiger partial charge in [-0.05, 0) is 51.1 Å². The van der Waals surface area contributed by atoms with Crippen molar-refractivity contribution in [3.63, 3.8) is 0 Å². The number of piperidine rings is 1. The Kier molecular flexibility index (Phi) is 6.34. The second-order valence-corrected chi connectivity index (χ2v) is 7.83. The van der Waals surface area contributed by atoms with E-state index in [1.165, 1.54) is 25.7 Å². The van der Waals surface area contributed by atoms with Gasteiger partial charge in [-0.3, -0.25) is 9.59 Å². The van der Waals surface area contributed by atoms with Gasteiger partial charge in [-0.15, -0.1) is 0 Å². The zero-order valence-electron chi connectivity index (χ0n) is 15.6. The average Bonchev–Trinajstić information content (AvgIpc) is 3.03. The maximum atomic E-state index is 13.1. The highest BCUT2D eigenvalue weighted by molar-refractivity contribution is 5.85. The van der Waals surface area contributed by atoms with Gasteiger partial charge in [0.1, 0.15) is 5.60 Å². The molecule has 25 heavy (non-hydrogen) atoms. The van der Waals surface area contributed by atoms with Crippen molar-refractivity contribution < 1.29 is 14.3 Å². The molecule has 2 saturated heterocycles. The fourth-order valence-electron chi connectivity index (χ4n) is 4.58. The first-order chi connectivity index (χ1) is 12.1. The molecule has 142 valence electrons. The Morgan fingerprint density at radius 3 is 2.32 bits per heavy atom. The molecule has 0 aromatic heterocycles. The molecule has 2 aliphatic heterocycles. The summed E-state index contributed by atoms with van der Waals surface area (Å²) in [7, 11) is 1.65. The summed E-state index contributed by atoms with van der Waals surface area (Å²) < 4.78 is 5.69. The van der Waals surface area contributed by atoms with Crippen molar-refractivity contribution in [2.75, 3.05) is 46.4 Å². The molecule has 3 rings (SSSR count). The van der Waals surface area contributed by atoms with Gasteiger partial charge in [0.15, 0.2) is 0 Å². The Morgan fingerprint density at radius 2 is 1.64 bits per heavy atom. The number of nitrogens with zero attached hydrogens (tertiary/aromatic N) is 2. The van der Waals surface area contributed by atoms with Gasteiger partial charge in [-0.25, -0.2) is 0 Å². The average molecular weight is 351 g/mol. The zero-order chi connectivity index (χ0) is 17.7. The van der Waals surface area contributed by atoms with Crippen LogP contribution in [0.25, 0.3) is 0 Å². The van der Waals surface area contributed by atoms with Crippen LogP contribution in [0.15, 0.2) is 0 Å². The maximum Gasteiger partial charge on any atom is 0.254 e. The third kappa shape index (κ3) is 4.34. The molecule has 0 radical (unpaired) electrons. The van der Waals surface area contributed by atoms with Gasteiger partial charge in [0, 0.05) is 39.7 Å². The highest BCUT2D eigenvalue weighted by Crippen LogP contribution is 2.29. The molecule has 0 bridgehead atoms. The molecular weight excluding hydrogens is 318 g/mol. The molecule has 1 saturated carbocycles. The molecule has 1 N–H and O–H groups in total. The SMILES string of the molecule is COC1(C(=O)N2CCCN(C(=O)CC3CCCC3)CC2)CCNCC1. The first-order valence-corrected chi connectivity index (χ1v) is 9.98. The Labute approximate surface area is 151 Å². The van der Waals surface area contributed by atoms with E-state index >= 15 is 0 Å². The summed E-state index contributed by atoms with van der Waals surface area (Å²) in [6.07, 6.45) is 7.96. The molecule has 6 nitrogen and oxygen atoms in total. The van der Waals surface area contributed by atoms with Crippen molar-refractivity contribution in [3.8, 4) is 0 Å². The van der Waals surface area contributed by atoms with Crippen LogP contribution in [0.5, 0.6) is 0 Å². The summed E-state index contributed by atoms with van der Waals surface area (Å²) in [4.78, 5) is 29.6. The van der Waals surface area contributed by atoms with Gasteiger partial charge in [0.25, 0.3) is 5.91 Å². The predicted octanol–water partition coefficient (Wildman–Crippen LogP) is 1.40. The third-order valence-electron chi connectivity index (χ3n) is 6.27. The lowest BCUT2D eigenvalue weighted by Gasteiger charge is -2.38. The second kappa shape index (κ2) is 8.49. The van der Waals surface area contributed by atoms with Crippen LogP contribution in [0.2, 0.25) is 0 Å². The normalized spacial score (nSPS) is 25.0. The first-order valence-electron chi connectivity index (χ1n) is 9.98. The minimum atomic E-state index is -0.672. The maximum absolute atomic E-state index is 13.1. The van der Waals surface area contributed by atoms with E-state index < -0.39 is 5.60 Å². The van der Waals surface area contributed by atoms with Gasteiger partial charge < -0.3 is 19.9 Å². The molecule has 2 heterocycles. The Bertz CT molecular complexity index is 471. The predicted molar refractivity (Wildman–Crippen MR) is 96.2 cm³/mol. The van der Waals surface area contributed by atoms with Gasteiger partial charge in [-0.2, -0.15) is 0 Å². The molecule has 0 unspecified atom stereocenters. The number of carbonyl (C=O) groups is 2. The van der Waals surface area contributed by atoms with Crippen molar-refractivity contribution in [1.29, 1.82) is 0 Å². The van der Waals surface area contributed by atoms with Gasteiger partial charge in [0.2, 0.25) is 5.91 Å². The summed E-state index contributed by atoms with van der Waals surface area (Å²) in [6, 6.07) is 0. The molecule has 3 fully saturated rings. The largest absolute Gasteiger partial charge is 0.368 e. The fourth-order valence-corrected chi connectivity index (χ4v) is 4.58. The Morgan fingerprint density at radius 1 is 1.00 bits per heavy atom. The van der Waals surface area contributed by atoms with Crippen molar-refractivity contribution >= 4 is 11.8 Å². The van der Waals surface area contributed by atoms with Crippen LogP contribution in [0.1, 0.15) is 51.4 Å². The summed E-state index contributed by atoms with van der Waals surface area (Å²) in [5, 5.41) is 3.30. The summed E-state index contributed by atoms with van der Waals surface area (Å²) in [5.41, 5.74) is -0.672. The van der Waals surface area contributed by atoms with E-state index in [4.69, 9.17) is 4.74 Å². The van der Waals surface area contributed by atoms with E-state index in [-0.39, 0.29) is 11.8 Å². The third-order valence-corrected chi connectivity index (χ3v) is 6.27. The van der Waals surface area contributed by atoms with Crippen LogP contribution >= 0.6 is 0 Å². The van der Waals surface area contributed by atoms with E-state index in [1.54, 1.807) is 7.11 Å². The molecule has 2 amide bonds. The number of hydrogen-bond donors (Lipinski definition) is 1. The van der Waals surface area contributed by atoms with E-state index in [1.807, 2.05) is 9.80 Å². The molecule has 6 heteroatoms. The molecule has 0 spiro atoms. The topological polar surface area (TPSA) is 61.9 Å². The quantitative estimate of drug-likeness (QED) is 0.832. The monoisotopic (exact) mass is 351 g/mol. The van der Waals surface area contributed by atoms with Gasteiger partial charge >= 0.3 is 0 Å². The van der Waals surface area contributed by atoms with Crippen LogP contribution < -0.4 is 5.32 Å². The highest BCUT2D eigenvalue weighted by Gasteiger charge is 2.42. The minimum absolute atomic E-state index is 0.113. The molecule has 0 aromatic carbocycles. The van der Waals surface area contributed by atoms with E-state index in [0.717, 1.165) is 45.4 Å². The van der Waals surface area contributed by atoms with Crippen LogP contribution in [0.3, 0.4) is 0 Å². The summed E-state index contributed by atoms with van der Waals surface area (Å²) in [5.74, 6) is 0.978. The van der Waals surface area contributed by atoms with Crippen molar-refractivity contribution in [2.24, 2.45) is 5.92 Å². The number of carbonyl (C=O) groups excluding carboxylic acids is 2. The standard InChI is InChI=1S/C19H33N3O3/c1-25-19(7-9-20-10-8-19)18(24)22-12-4-11-21(13-14-22)17(23)15-16-5-2-3-6-16/h16,20H,2-15H2,1H3. The van der Waals surface area contributed by atoms with Crippen LogP contribution in [0.4, 0.5) is 0 Å². The minimum Gasteiger partial charge on any atom is -0.368 e. The lowest BCUT2D eigenvalue weighted by atomic mass is 9.90. The van der Waals surface area contributed by atoms with Crippen LogP contribution in [0, 0.1) is 5.92 Å². The number of rotatable bonds is 4. The molecule has 3 aliphatic rings. The molecule has 1 aliphatic carbocycles. The Balaban J connectivity index is 1.55. The number of nitrogens with one attached hydrogen (secondary N) is 1. The van der Waals surface area contributed by atoms with Crippen molar-refractivity contribution in [3.05, 3.63) is 0 Å². The van der Waals surface area contributed by atoms with Gasteiger partial charge in [-0.1, -0.05) is 12.8 Å². The van der Waals surface area contributed by atoms with E-state index in [9.17, 15) is 9.59 Å². The number of hydrogen-bond acceptors (Lipinski definition) is 4. The van der Waals surface area contributed by atoms with E-state index in [0.29, 0.717) is 25.4 Å². The Hall–Kier alpha value is -1.14. The number of amides is 2. The number of ether oxygens (including phenoxy) is 1. The molecular formula is C19H33N3O3. The lowest BCUT2D eigenvalue weighted by molar-refractivity contribution is -0.158. The zero-order valence-corrected chi connectivity index (χ0v) is 15.6. The molecule has 0 aromatic rings.